The fraction of sp³-hybridized carbons (Fsp3) is 0.240. The van der Waals surface area contributed by atoms with E-state index in [2.05, 4.69) is 22.6 Å². The summed E-state index contributed by atoms with van der Waals surface area (Å²) >= 11 is 12.5. The summed E-state index contributed by atoms with van der Waals surface area (Å²) in [6.45, 7) is 5.89. The Morgan fingerprint density at radius 2 is 1.90 bits per heavy atom. The zero-order chi connectivity index (χ0) is 22.0. The molecular formula is C25H23Cl2N3O. The van der Waals surface area contributed by atoms with Crippen LogP contribution in [0.15, 0.2) is 79.8 Å². The largest absolute Gasteiger partial charge is 0.287 e. The van der Waals surface area contributed by atoms with Crippen molar-refractivity contribution in [1.29, 1.82) is 0 Å². The molecular weight excluding hydrogens is 429 g/mol. The average Bonchev–Trinajstić information content (AvgIpc) is 2.77. The lowest BCUT2D eigenvalue weighted by Gasteiger charge is -2.48. The van der Waals surface area contributed by atoms with Crippen LogP contribution in [-0.2, 0) is 4.79 Å². The summed E-state index contributed by atoms with van der Waals surface area (Å²) in [7, 11) is 0. The highest BCUT2D eigenvalue weighted by Crippen LogP contribution is 2.52. The van der Waals surface area contributed by atoms with Crippen molar-refractivity contribution in [3.8, 4) is 0 Å². The van der Waals surface area contributed by atoms with Crippen molar-refractivity contribution >= 4 is 34.9 Å². The molecule has 3 atom stereocenters. The standard InChI is InChI=1S/C25H23Cl2N3O/c1-3-11-25(2)15-21(18-5-4-6-20(27)14-18)23(17-7-9-19(26)10-8-17)30(24(25)31)22-16-28-12-13-29-22/h3-10,12-14,16,21,23H,1,11,15H2,2H3. The first-order chi connectivity index (χ1) is 14.9. The molecule has 6 heteroatoms. The maximum Gasteiger partial charge on any atom is 0.235 e. The first-order valence-corrected chi connectivity index (χ1v) is 10.9. The maximum absolute atomic E-state index is 13.9. The minimum absolute atomic E-state index is 0.00567. The van der Waals surface area contributed by atoms with Crippen molar-refractivity contribution in [2.24, 2.45) is 5.41 Å². The van der Waals surface area contributed by atoms with E-state index in [0.29, 0.717) is 28.7 Å². The number of carbonyl (C=O) groups is 1. The van der Waals surface area contributed by atoms with Gasteiger partial charge in [-0.05, 0) is 48.2 Å². The van der Waals surface area contributed by atoms with Crippen LogP contribution in [-0.4, -0.2) is 15.9 Å². The summed E-state index contributed by atoms with van der Waals surface area (Å²) in [5.74, 6) is 0.519. The first-order valence-electron chi connectivity index (χ1n) is 10.1. The maximum atomic E-state index is 13.9. The van der Waals surface area contributed by atoms with Crippen molar-refractivity contribution in [3.05, 3.63) is 101 Å². The number of hydrogen-bond acceptors (Lipinski definition) is 3. The van der Waals surface area contributed by atoms with E-state index in [0.717, 1.165) is 11.1 Å². The van der Waals surface area contributed by atoms with Gasteiger partial charge < -0.3 is 0 Å². The molecule has 1 aliphatic rings. The number of allylic oxidation sites excluding steroid dienone is 1. The number of piperidine rings is 1. The number of anilines is 1. The van der Waals surface area contributed by atoms with Gasteiger partial charge in [-0.2, -0.15) is 0 Å². The van der Waals surface area contributed by atoms with Gasteiger partial charge in [0.1, 0.15) is 0 Å². The van der Waals surface area contributed by atoms with Gasteiger partial charge in [-0.15, -0.1) is 6.58 Å². The van der Waals surface area contributed by atoms with E-state index < -0.39 is 5.41 Å². The Morgan fingerprint density at radius 1 is 1.13 bits per heavy atom. The van der Waals surface area contributed by atoms with Crippen LogP contribution in [0.2, 0.25) is 10.0 Å². The molecule has 31 heavy (non-hydrogen) atoms. The Balaban J connectivity index is 1.94. The molecule has 4 nitrogen and oxygen atoms in total. The Morgan fingerprint density at radius 3 is 2.55 bits per heavy atom. The normalized spacial score (nSPS) is 23.6. The van der Waals surface area contributed by atoms with Crippen molar-refractivity contribution in [2.45, 2.75) is 31.7 Å². The second kappa shape index (κ2) is 8.81. The summed E-state index contributed by atoms with van der Waals surface area (Å²) < 4.78 is 0. The lowest BCUT2D eigenvalue weighted by atomic mass is 9.67. The predicted molar refractivity (Wildman–Crippen MR) is 125 cm³/mol. The molecule has 4 rings (SSSR count). The minimum Gasteiger partial charge on any atom is -0.287 e. The lowest BCUT2D eigenvalue weighted by Crippen LogP contribution is -2.52. The zero-order valence-corrected chi connectivity index (χ0v) is 18.7. The van der Waals surface area contributed by atoms with E-state index >= 15 is 0 Å². The predicted octanol–water partition coefficient (Wildman–Crippen LogP) is 6.63. The van der Waals surface area contributed by atoms with Gasteiger partial charge in [-0.1, -0.05) is 60.5 Å². The molecule has 1 amide bonds. The van der Waals surface area contributed by atoms with Crippen molar-refractivity contribution < 1.29 is 4.79 Å². The van der Waals surface area contributed by atoms with Crippen molar-refractivity contribution in [1.82, 2.24) is 9.97 Å². The SMILES string of the molecule is C=CCC1(C)CC(c2cccc(Cl)c2)C(c2ccc(Cl)cc2)N(c2cnccn2)C1=O. The Hall–Kier alpha value is -2.69. The quantitative estimate of drug-likeness (QED) is 0.409. The fourth-order valence-electron chi connectivity index (χ4n) is 4.51. The van der Waals surface area contributed by atoms with Crippen LogP contribution in [0.5, 0.6) is 0 Å². The molecule has 0 aliphatic carbocycles. The second-order valence-electron chi connectivity index (χ2n) is 8.15. The monoisotopic (exact) mass is 451 g/mol. The molecule has 1 fully saturated rings. The molecule has 0 saturated carbocycles. The topological polar surface area (TPSA) is 46.1 Å². The number of hydrogen-bond donors (Lipinski definition) is 0. The minimum atomic E-state index is -0.630. The summed E-state index contributed by atoms with van der Waals surface area (Å²) in [6, 6.07) is 15.2. The fourth-order valence-corrected chi connectivity index (χ4v) is 4.84. The summed E-state index contributed by atoms with van der Waals surface area (Å²) in [5.41, 5.74) is 1.42. The van der Waals surface area contributed by atoms with Gasteiger partial charge in [-0.25, -0.2) is 4.98 Å². The number of carbonyl (C=O) groups excluding carboxylic acids is 1. The molecule has 3 unspecified atom stereocenters. The van der Waals surface area contributed by atoms with E-state index in [1.165, 1.54) is 0 Å². The Labute approximate surface area is 192 Å². The molecule has 1 aromatic heterocycles. The summed E-state index contributed by atoms with van der Waals surface area (Å²) in [5, 5.41) is 1.31. The zero-order valence-electron chi connectivity index (χ0n) is 17.2. The molecule has 0 radical (unpaired) electrons. The number of aromatic nitrogens is 2. The number of rotatable bonds is 5. The van der Waals surface area contributed by atoms with Crippen molar-refractivity contribution in [2.75, 3.05) is 4.90 Å². The number of nitrogens with zero attached hydrogens (tertiary/aromatic N) is 3. The third-order valence-electron chi connectivity index (χ3n) is 5.94. The van der Waals surface area contributed by atoms with Crippen LogP contribution in [0, 0.1) is 5.41 Å². The van der Waals surface area contributed by atoms with Gasteiger partial charge >= 0.3 is 0 Å². The molecule has 1 aliphatic heterocycles. The molecule has 0 spiro atoms. The highest BCUT2D eigenvalue weighted by atomic mass is 35.5. The third-order valence-corrected chi connectivity index (χ3v) is 6.43. The van der Waals surface area contributed by atoms with Gasteiger partial charge in [0.25, 0.3) is 0 Å². The molecule has 0 N–H and O–H groups in total. The van der Waals surface area contributed by atoms with E-state index in [4.69, 9.17) is 23.2 Å². The smallest absolute Gasteiger partial charge is 0.235 e. The number of amides is 1. The molecule has 1 saturated heterocycles. The van der Waals surface area contributed by atoms with Crippen LogP contribution >= 0.6 is 23.2 Å². The van der Waals surface area contributed by atoms with Crippen LogP contribution in [0.1, 0.15) is 42.9 Å². The Kier molecular flexibility index (Phi) is 6.12. The first kappa shape index (κ1) is 21.5. The van der Waals surface area contributed by atoms with Gasteiger partial charge in [0, 0.05) is 28.4 Å². The van der Waals surface area contributed by atoms with Crippen molar-refractivity contribution in [3.63, 3.8) is 0 Å². The molecule has 158 valence electrons. The molecule has 3 aromatic rings. The average molecular weight is 452 g/mol. The van der Waals surface area contributed by atoms with Gasteiger partial charge in [0.15, 0.2) is 5.82 Å². The highest BCUT2D eigenvalue weighted by Gasteiger charge is 2.50. The molecule has 2 heterocycles. The second-order valence-corrected chi connectivity index (χ2v) is 9.03. The summed E-state index contributed by atoms with van der Waals surface area (Å²) in [4.78, 5) is 24.4. The highest BCUT2D eigenvalue weighted by molar-refractivity contribution is 6.30. The van der Waals surface area contributed by atoms with Gasteiger partial charge in [-0.3, -0.25) is 14.7 Å². The Bertz CT molecular complexity index is 1090. The van der Waals surface area contributed by atoms with Gasteiger partial charge in [0.2, 0.25) is 5.91 Å². The van der Waals surface area contributed by atoms with E-state index in [1.807, 2.05) is 55.5 Å². The van der Waals surface area contributed by atoms with Gasteiger partial charge in [0.05, 0.1) is 17.7 Å². The lowest BCUT2D eigenvalue weighted by molar-refractivity contribution is -0.131. The third kappa shape index (κ3) is 4.23. The van der Waals surface area contributed by atoms with Crippen LogP contribution < -0.4 is 4.90 Å². The van der Waals surface area contributed by atoms with E-state index in [1.54, 1.807) is 23.5 Å². The molecule has 0 bridgehead atoms. The van der Waals surface area contributed by atoms with Crippen LogP contribution in [0.4, 0.5) is 5.82 Å². The number of halogens is 2. The van der Waals surface area contributed by atoms with Crippen LogP contribution in [0.3, 0.4) is 0 Å². The number of benzene rings is 2. The van der Waals surface area contributed by atoms with E-state index in [9.17, 15) is 4.79 Å². The molecule has 2 aromatic carbocycles. The van der Waals surface area contributed by atoms with Crippen LogP contribution in [0.25, 0.3) is 0 Å². The summed E-state index contributed by atoms with van der Waals surface area (Å²) in [6.07, 6.45) is 7.87. The van der Waals surface area contributed by atoms with E-state index in [-0.39, 0.29) is 17.9 Å².